The molecule has 0 fully saturated rings. The quantitative estimate of drug-likeness (QED) is 0.826. The van der Waals surface area contributed by atoms with Crippen LogP contribution in [-0.2, 0) is 16.7 Å². The van der Waals surface area contributed by atoms with E-state index in [1.807, 2.05) is 0 Å². The number of carbonyl (C=O) groups excluding carboxylic acids is 1. The summed E-state index contributed by atoms with van der Waals surface area (Å²) in [5, 5.41) is 0.425. The van der Waals surface area contributed by atoms with E-state index in [9.17, 15) is 13.6 Å². The number of rotatable bonds is 4. The van der Waals surface area contributed by atoms with Gasteiger partial charge in [0.1, 0.15) is 5.69 Å². The summed E-state index contributed by atoms with van der Waals surface area (Å²) < 4.78 is 33.5. The van der Waals surface area contributed by atoms with Crippen molar-refractivity contribution in [3.8, 4) is 0 Å². The molecular weight excluding hydrogens is 364 g/mol. The zero-order valence-electron chi connectivity index (χ0n) is 13.9. The first-order chi connectivity index (χ1) is 12.2. The van der Waals surface area contributed by atoms with Gasteiger partial charge in [-0.25, -0.2) is 4.99 Å². The molecule has 2 N–H and O–H groups in total. The molecule has 5 nitrogen and oxygen atoms in total. The van der Waals surface area contributed by atoms with Crippen molar-refractivity contribution in [3.63, 3.8) is 0 Å². The molecule has 0 spiro atoms. The van der Waals surface area contributed by atoms with E-state index in [0.717, 1.165) is 0 Å². The Bertz CT molecular complexity index is 871. The van der Waals surface area contributed by atoms with Crippen molar-refractivity contribution in [1.29, 1.82) is 0 Å². The molecule has 0 saturated carbocycles. The van der Waals surface area contributed by atoms with Gasteiger partial charge in [0.2, 0.25) is 0 Å². The van der Waals surface area contributed by atoms with Crippen LogP contribution in [0.4, 0.5) is 8.78 Å². The molecule has 0 bridgehead atoms. The lowest BCUT2D eigenvalue weighted by molar-refractivity contribution is -0.116. The Kier molecular flexibility index (Phi) is 4.66. The molecule has 0 aliphatic carbocycles. The number of nitrogens with two attached hydrogens (primary N) is 1. The largest absolute Gasteiger partial charge is 0.459 e. The van der Waals surface area contributed by atoms with Crippen LogP contribution in [0.25, 0.3) is 0 Å². The minimum atomic E-state index is -3.24. The summed E-state index contributed by atoms with van der Waals surface area (Å²) in [6.07, 6.45) is 1.39. The average molecular weight is 380 g/mol. The van der Waals surface area contributed by atoms with Gasteiger partial charge in [0, 0.05) is 12.6 Å². The van der Waals surface area contributed by atoms with Crippen molar-refractivity contribution in [2.24, 2.45) is 10.7 Å². The van der Waals surface area contributed by atoms with Gasteiger partial charge in [-0.3, -0.25) is 9.78 Å². The summed E-state index contributed by atoms with van der Waals surface area (Å²) in [4.78, 5) is 20.2. The Morgan fingerprint density at radius 2 is 2.12 bits per heavy atom. The molecule has 8 heteroatoms. The predicted molar refractivity (Wildman–Crippen MR) is 93.6 cm³/mol. The topological polar surface area (TPSA) is 77.6 Å². The Morgan fingerprint density at radius 1 is 1.35 bits per heavy atom. The number of aromatic nitrogens is 1. The SMILES string of the molecule is C[C@]1(c2cccc(CC(=O)c3ccc(Cl)cn3)c2)N=C(N)OCC1(F)F. The fraction of sp³-hybridized carbons (Fsp3) is 0.278. The number of aliphatic imine (C=N–C) groups is 1. The number of halogens is 3. The third-order valence-corrected chi connectivity index (χ3v) is 4.54. The molecule has 0 amide bonds. The van der Waals surface area contributed by atoms with Crippen molar-refractivity contribution in [3.05, 3.63) is 64.4 Å². The zero-order chi connectivity index (χ0) is 18.9. The van der Waals surface area contributed by atoms with Gasteiger partial charge in [0.25, 0.3) is 6.02 Å². The number of nitrogens with zero attached hydrogens (tertiary/aromatic N) is 2. The van der Waals surface area contributed by atoms with Crippen LogP contribution in [0, 0.1) is 0 Å². The molecular formula is C18H16ClF2N3O2. The second kappa shape index (κ2) is 6.64. The standard InChI is InChI=1S/C18H16ClF2N3O2/c1-17(18(20,21)10-26-16(22)24-17)12-4-2-3-11(7-12)8-15(25)14-6-5-13(19)9-23-14/h2-7,9H,8,10H2,1H3,(H2,22,24)/t17-/m1/s1. The maximum absolute atomic E-state index is 14.4. The Hall–Kier alpha value is -2.54. The van der Waals surface area contributed by atoms with E-state index in [2.05, 4.69) is 14.7 Å². The summed E-state index contributed by atoms with van der Waals surface area (Å²) in [5.74, 6) is -3.48. The maximum Gasteiger partial charge on any atom is 0.310 e. The van der Waals surface area contributed by atoms with Gasteiger partial charge in [-0.05, 0) is 30.2 Å². The highest BCUT2D eigenvalue weighted by Crippen LogP contribution is 2.43. The minimum Gasteiger partial charge on any atom is -0.459 e. The second-order valence-corrected chi connectivity index (χ2v) is 6.61. The molecule has 0 unspecified atom stereocenters. The molecule has 136 valence electrons. The van der Waals surface area contributed by atoms with E-state index >= 15 is 0 Å². The third kappa shape index (κ3) is 3.39. The van der Waals surface area contributed by atoms with Gasteiger partial charge >= 0.3 is 5.92 Å². The van der Waals surface area contributed by atoms with Crippen molar-refractivity contribution in [1.82, 2.24) is 4.98 Å². The maximum atomic E-state index is 14.4. The Labute approximate surface area is 153 Å². The Morgan fingerprint density at radius 3 is 2.81 bits per heavy atom. The van der Waals surface area contributed by atoms with Crippen LogP contribution in [0.2, 0.25) is 5.02 Å². The third-order valence-electron chi connectivity index (χ3n) is 4.31. The molecule has 0 radical (unpaired) electrons. The number of ketones is 1. The van der Waals surface area contributed by atoms with Gasteiger partial charge in [0.05, 0.1) is 5.02 Å². The van der Waals surface area contributed by atoms with Crippen LogP contribution in [0.15, 0.2) is 47.6 Å². The van der Waals surface area contributed by atoms with Crippen molar-refractivity contribution >= 4 is 23.4 Å². The first kappa shape index (κ1) is 18.3. The number of hydrogen-bond acceptors (Lipinski definition) is 5. The van der Waals surface area contributed by atoms with Crippen LogP contribution in [0.5, 0.6) is 0 Å². The van der Waals surface area contributed by atoms with Crippen LogP contribution >= 0.6 is 11.6 Å². The molecule has 2 heterocycles. The predicted octanol–water partition coefficient (Wildman–Crippen LogP) is 3.36. The lowest BCUT2D eigenvalue weighted by atomic mass is 9.84. The van der Waals surface area contributed by atoms with Crippen molar-refractivity contribution in [2.45, 2.75) is 24.8 Å². The van der Waals surface area contributed by atoms with Crippen LogP contribution < -0.4 is 5.73 Å². The highest BCUT2D eigenvalue weighted by atomic mass is 35.5. The second-order valence-electron chi connectivity index (χ2n) is 6.18. The number of hydrogen-bond donors (Lipinski definition) is 1. The Balaban J connectivity index is 1.90. The van der Waals surface area contributed by atoms with E-state index in [1.54, 1.807) is 18.2 Å². The monoisotopic (exact) mass is 379 g/mol. The van der Waals surface area contributed by atoms with E-state index in [0.29, 0.717) is 10.6 Å². The average Bonchev–Trinajstić information content (AvgIpc) is 2.59. The van der Waals surface area contributed by atoms with Gasteiger partial charge in [-0.1, -0.05) is 35.9 Å². The van der Waals surface area contributed by atoms with Crippen LogP contribution in [0.3, 0.4) is 0 Å². The van der Waals surface area contributed by atoms with Crippen LogP contribution in [0.1, 0.15) is 28.5 Å². The number of Topliss-reactive ketones (excluding diaryl/α,β-unsaturated/α-hetero) is 1. The summed E-state index contributed by atoms with van der Waals surface area (Å²) in [6, 6.07) is 9.16. The summed E-state index contributed by atoms with van der Waals surface area (Å²) >= 11 is 5.76. The number of alkyl halides is 2. The number of ether oxygens (including phenoxy) is 1. The van der Waals surface area contributed by atoms with Crippen molar-refractivity contribution < 1.29 is 18.3 Å². The fourth-order valence-electron chi connectivity index (χ4n) is 2.72. The van der Waals surface area contributed by atoms with E-state index in [4.69, 9.17) is 17.3 Å². The molecule has 3 rings (SSSR count). The van der Waals surface area contributed by atoms with E-state index in [-0.39, 0.29) is 29.5 Å². The smallest absolute Gasteiger partial charge is 0.310 e. The van der Waals surface area contributed by atoms with Crippen LogP contribution in [-0.4, -0.2) is 29.3 Å². The number of benzene rings is 1. The molecule has 26 heavy (non-hydrogen) atoms. The molecule has 1 aliphatic rings. The first-order valence-electron chi connectivity index (χ1n) is 7.81. The molecule has 1 aromatic heterocycles. The van der Waals surface area contributed by atoms with Gasteiger partial charge in [-0.15, -0.1) is 0 Å². The fourth-order valence-corrected chi connectivity index (χ4v) is 2.83. The van der Waals surface area contributed by atoms with Gasteiger partial charge in [0.15, 0.2) is 17.9 Å². The lowest BCUT2D eigenvalue weighted by Crippen LogP contribution is -2.50. The first-order valence-corrected chi connectivity index (χ1v) is 8.19. The van der Waals surface area contributed by atoms with E-state index < -0.39 is 18.1 Å². The lowest BCUT2D eigenvalue weighted by Gasteiger charge is -2.37. The summed E-state index contributed by atoms with van der Waals surface area (Å²) in [7, 11) is 0. The molecule has 1 atom stereocenters. The number of pyridine rings is 1. The van der Waals surface area contributed by atoms with Crippen molar-refractivity contribution in [2.75, 3.05) is 6.61 Å². The normalized spacial score (nSPS) is 21.6. The molecule has 2 aromatic rings. The van der Waals surface area contributed by atoms with Gasteiger partial charge in [-0.2, -0.15) is 8.78 Å². The molecule has 1 aromatic carbocycles. The number of amidine groups is 1. The zero-order valence-corrected chi connectivity index (χ0v) is 14.6. The molecule has 1 aliphatic heterocycles. The number of carbonyl (C=O) groups is 1. The highest BCUT2D eigenvalue weighted by molar-refractivity contribution is 6.30. The van der Waals surface area contributed by atoms with Gasteiger partial charge < -0.3 is 10.5 Å². The highest BCUT2D eigenvalue weighted by Gasteiger charge is 2.55. The summed E-state index contributed by atoms with van der Waals surface area (Å²) in [5.41, 5.74) is 4.71. The summed E-state index contributed by atoms with van der Waals surface area (Å²) in [6.45, 7) is 0.445. The molecule has 0 saturated heterocycles. The minimum absolute atomic E-state index is 0.0137. The van der Waals surface area contributed by atoms with E-state index in [1.165, 1.54) is 31.3 Å².